The van der Waals surface area contributed by atoms with Crippen LogP contribution in [0.25, 0.3) is 11.0 Å². The Bertz CT molecular complexity index is 1410. The lowest BCUT2D eigenvalue weighted by Crippen LogP contribution is -2.16. The first kappa shape index (κ1) is 22.8. The number of carbonyl (C=O) groups is 1. The summed E-state index contributed by atoms with van der Waals surface area (Å²) in [6, 6.07) is 20.2. The van der Waals surface area contributed by atoms with Crippen molar-refractivity contribution in [3.8, 4) is 5.75 Å². The summed E-state index contributed by atoms with van der Waals surface area (Å²) >= 11 is 1.58. The third-order valence-electron chi connectivity index (χ3n) is 4.95. The fourth-order valence-corrected chi connectivity index (χ4v) is 5.12. The second kappa shape index (κ2) is 9.60. The first-order chi connectivity index (χ1) is 15.9. The number of benzene rings is 3. The number of hydrogen-bond donors (Lipinski definition) is 2. The van der Waals surface area contributed by atoms with Crippen LogP contribution >= 0.6 is 11.8 Å². The molecule has 0 atom stereocenters. The number of anilines is 2. The maximum Gasteiger partial charge on any atom is 0.291 e. The number of para-hydroxylation sites is 3. The Labute approximate surface area is 196 Å². The van der Waals surface area contributed by atoms with Gasteiger partial charge in [0.15, 0.2) is 5.76 Å². The highest BCUT2D eigenvalue weighted by molar-refractivity contribution is 7.97. The molecular formula is C24H22N2O5S2. The average Bonchev–Trinajstić information content (AvgIpc) is 3.18. The Morgan fingerprint density at radius 2 is 1.79 bits per heavy atom. The van der Waals surface area contributed by atoms with E-state index < -0.39 is 15.9 Å². The van der Waals surface area contributed by atoms with Crippen molar-refractivity contribution in [1.29, 1.82) is 0 Å². The van der Waals surface area contributed by atoms with E-state index in [2.05, 4.69) is 10.0 Å². The highest BCUT2D eigenvalue weighted by atomic mass is 32.2. The van der Waals surface area contributed by atoms with Crippen LogP contribution in [0.5, 0.6) is 5.75 Å². The van der Waals surface area contributed by atoms with Crippen LogP contribution < -0.4 is 14.8 Å². The number of carbonyl (C=O) groups excluding carboxylic acids is 1. The summed E-state index contributed by atoms with van der Waals surface area (Å²) in [4.78, 5) is 13.0. The number of amides is 1. The van der Waals surface area contributed by atoms with Crippen molar-refractivity contribution >= 4 is 50.0 Å². The molecule has 9 heteroatoms. The fraction of sp³-hybridized carbons (Fsp3) is 0.125. The van der Waals surface area contributed by atoms with Crippen LogP contribution in [-0.2, 0) is 15.8 Å². The number of fused-ring (bicyclic) bond motifs is 1. The van der Waals surface area contributed by atoms with Crippen LogP contribution in [0.2, 0.25) is 0 Å². The summed E-state index contributed by atoms with van der Waals surface area (Å²) in [5.74, 6) is 0.780. The SMILES string of the molecule is COc1ccccc1NS(=O)(=O)c1cccc(NC(=O)c2oc3ccccc3c2CSC)c1. The minimum atomic E-state index is -3.91. The summed E-state index contributed by atoms with van der Waals surface area (Å²) < 4.78 is 39.4. The van der Waals surface area contributed by atoms with Crippen molar-refractivity contribution in [3.63, 3.8) is 0 Å². The fourth-order valence-electron chi connectivity index (χ4n) is 3.43. The van der Waals surface area contributed by atoms with Crippen LogP contribution in [0.4, 0.5) is 11.4 Å². The molecule has 0 saturated carbocycles. The van der Waals surface area contributed by atoms with Crippen molar-refractivity contribution in [2.45, 2.75) is 10.6 Å². The molecule has 0 aliphatic rings. The van der Waals surface area contributed by atoms with E-state index in [9.17, 15) is 13.2 Å². The standard InChI is InChI=1S/C24H22N2O5S2/c1-30-22-13-6-4-11-20(22)26-33(28,29)17-9-7-8-16(14-17)25-24(27)23-19(15-32-2)18-10-3-5-12-21(18)31-23/h3-14,26H,15H2,1-2H3,(H,25,27). The molecule has 4 aromatic rings. The van der Waals surface area contributed by atoms with Crippen molar-refractivity contribution in [2.24, 2.45) is 0 Å². The quantitative estimate of drug-likeness (QED) is 0.351. The smallest absolute Gasteiger partial charge is 0.291 e. The van der Waals surface area contributed by atoms with Gasteiger partial charge < -0.3 is 14.5 Å². The lowest BCUT2D eigenvalue weighted by molar-refractivity contribution is 0.0997. The monoisotopic (exact) mass is 482 g/mol. The summed E-state index contributed by atoms with van der Waals surface area (Å²) in [7, 11) is -2.45. The lowest BCUT2D eigenvalue weighted by atomic mass is 10.1. The zero-order chi connectivity index (χ0) is 23.4. The Balaban J connectivity index is 1.60. The van der Waals surface area contributed by atoms with Crippen molar-refractivity contribution < 1.29 is 22.4 Å². The molecule has 170 valence electrons. The van der Waals surface area contributed by atoms with Crippen molar-refractivity contribution in [1.82, 2.24) is 0 Å². The number of hydrogen-bond acceptors (Lipinski definition) is 6. The molecule has 0 spiro atoms. The summed E-state index contributed by atoms with van der Waals surface area (Å²) in [6.07, 6.45) is 1.95. The van der Waals surface area contributed by atoms with Gasteiger partial charge >= 0.3 is 0 Å². The summed E-state index contributed by atoms with van der Waals surface area (Å²) in [5.41, 5.74) is 2.08. The van der Waals surface area contributed by atoms with E-state index in [1.807, 2.05) is 30.5 Å². The van der Waals surface area contributed by atoms with Crippen LogP contribution in [0.15, 0.2) is 82.1 Å². The topological polar surface area (TPSA) is 97.6 Å². The largest absolute Gasteiger partial charge is 0.495 e. The van der Waals surface area contributed by atoms with Gasteiger partial charge in [0, 0.05) is 22.4 Å². The second-order valence-electron chi connectivity index (χ2n) is 7.13. The van der Waals surface area contributed by atoms with Gasteiger partial charge in [-0.15, -0.1) is 0 Å². The molecule has 1 aromatic heterocycles. The summed E-state index contributed by atoms with van der Waals surface area (Å²) in [6.45, 7) is 0. The van der Waals surface area contributed by atoms with Gasteiger partial charge in [-0.2, -0.15) is 11.8 Å². The molecular weight excluding hydrogens is 460 g/mol. The van der Waals surface area contributed by atoms with Crippen LogP contribution in [-0.4, -0.2) is 27.7 Å². The van der Waals surface area contributed by atoms with Crippen LogP contribution in [0.3, 0.4) is 0 Å². The van der Waals surface area contributed by atoms with Gasteiger partial charge in [0.25, 0.3) is 15.9 Å². The molecule has 0 radical (unpaired) electrons. The molecule has 33 heavy (non-hydrogen) atoms. The minimum Gasteiger partial charge on any atom is -0.495 e. The first-order valence-corrected chi connectivity index (χ1v) is 12.9. The average molecular weight is 483 g/mol. The normalized spacial score (nSPS) is 11.3. The molecule has 0 aliphatic carbocycles. The Morgan fingerprint density at radius 3 is 2.58 bits per heavy atom. The van der Waals surface area contributed by atoms with Gasteiger partial charge in [-0.3, -0.25) is 9.52 Å². The van der Waals surface area contributed by atoms with Gasteiger partial charge in [-0.1, -0.05) is 36.4 Å². The molecule has 0 aliphatic heterocycles. The molecule has 2 N–H and O–H groups in total. The number of ether oxygens (including phenoxy) is 1. The number of thioether (sulfide) groups is 1. The predicted octanol–water partition coefficient (Wildman–Crippen LogP) is 5.36. The second-order valence-corrected chi connectivity index (χ2v) is 9.68. The van der Waals surface area contributed by atoms with Crippen molar-refractivity contribution in [3.05, 3.63) is 84.1 Å². The number of furan rings is 1. The number of methoxy groups -OCH3 is 1. The molecule has 1 heterocycles. The lowest BCUT2D eigenvalue weighted by Gasteiger charge is -2.12. The van der Waals surface area contributed by atoms with E-state index in [0.29, 0.717) is 28.5 Å². The Kier molecular flexibility index (Phi) is 6.62. The van der Waals surface area contributed by atoms with Gasteiger partial charge in [0.05, 0.1) is 17.7 Å². The van der Waals surface area contributed by atoms with Gasteiger partial charge in [-0.05, 0) is 42.7 Å². The highest BCUT2D eigenvalue weighted by Gasteiger charge is 2.21. The third-order valence-corrected chi connectivity index (χ3v) is 6.89. The number of nitrogens with one attached hydrogen (secondary N) is 2. The van der Waals surface area contributed by atoms with Gasteiger partial charge in [-0.25, -0.2) is 8.42 Å². The highest BCUT2D eigenvalue weighted by Crippen LogP contribution is 2.30. The number of rotatable bonds is 8. The van der Waals surface area contributed by atoms with E-state index in [1.165, 1.54) is 19.2 Å². The third kappa shape index (κ3) is 4.84. The maximum atomic E-state index is 13.0. The Hall–Kier alpha value is -3.43. The van der Waals surface area contributed by atoms with E-state index in [-0.39, 0.29) is 10.7 Å². The number of sulfonamides is 1. The van der Waals surface area contributed by atoms with E-state index in [0.717, 1.165) is 10.9 Å². The Morgan fingerprint density at radius 1 is 1.03 bits per heavy atom. The van der Waals surface area contributed by atoms with Crippen LogP contribution in [0, 0.1) is 0 Å². The zero-order valence-electron chi connectivity index (χ0n) is 18.0. The molecule has 4 rings (SSSR count). The molecule has 7 nitrogen and oxygen atoms in total. The molecule has 3 aromatic carbocycles. The zero-order valence-corrected chi connectivity index (χ0v) is 19.6. The minimum absolute atomic E-state index is 0.000138. The summed E-state index contributed by atoms with van der Waals surface area (Å²) in [5, 5.41) is 3.64. The van der Waals surface area contributed by atoms with Crippen LogP contribution in [0.1, 0.15) is 16.1 Å². The van der Waals surface area contributed by atoms with E-state index in [4.69, 9.17) is 9.15 Å². The van der Waals surface area contributed by atoms with Gasteiger partial charge in [0.1, 0.15) is 11.3 Å². The molecule has 0 saturated heterocycles. The van der Waals surface area contributed by atoms with Gasteiger partial charge in [0.2, 0.25) is 0 Å². The predicted molar refractivity (Wildman–Crippen MR) is 132 cm³/mol. The molecule has 0 bridgehead atoms. The molecule has 1 amide bonds. The molecule has 0 fully saturated rings. The molecule has 0 unspecified atom stereocenters. The maximum absolute atomic E-state index is 13.0. The van der Waals surface area contributed by atoms with Crippen molar-refractivity contribution in [2.75, 3.05) is 23.4 Å². The van der Waals surface area contributed by atoms with E-state index >= 15 is 0 Å². The van der Waals surface area contributed by atoms with E-state index in [1.54, 1.807) is 48.2 Å². The first-order valence-electron chi connectivity index (χ1n) is 9.99.